The van der Waals surface area contributed by atoms with Crippen LogP contribution in [0.5, 0.6) is 0 Å². The first-order chi connectivity index (χ1) is 13.2. The smallest absolute Gasteiger partial charge is 0.247 e. The molecule has 1 spiro atoms. The zero-order valence-electron chi connectivity index (χ0n) is 15.9. The zero-order chi connectivity index (χ0) is 18.4. The fraction of sp³-hybridized carbons (Fsp3) is 0.435. The van der Waals surface area contributed by atoms with Gasteiger partial charge in [0.15, 0.2) is 0 Å². The van der Waals surface area contributed by atoms with E-state index in [-0.39, 0.29) is 11.4 Å². The van der Waals surface area contributed by atoms with Crippen molar-refractivity contribution < 1.29 is 4.79 Å². The van der Waals surface area contributed by atoms with Crippen LogP contribution in [0.2, 0.25) is 0 Å². The van der Waals surface area contributed by atoms with E-state index < -0.39 is 0 Å². The number of fused-ring (bicyclic) bond motifs is 1. The van der Waals surface area contributed by atoms with Crippen molar-refractivity contribution in [1.29, 1.82) is 0 Å². The van der Waals surface area contributed by atoms with E-state index in [1.54, 1.807) is 0 Å². The number of para-hydroxylation sites is 1. The summed E-state index contributed by atoms with van der Waals surface area (Å²) >= 11 is 0. The molecule has 27 heavy (non-hydrogen) atoms. The molecule has 0 radical (unpaired) electrons. The van der Waals surface area contributed by atoms with Gasteiger partial charge in [0.05, 0.1) is 6.67 Å². The van der Waals surface area contributed by atoms with Crippen molar-refractivity contribution in [2.75, 3.05) is 24.7 Å². The number of nitrogens with one attached hydrogen (secondary N) is 1. The average molecular weight is 361 g/mol. The quantitative estimate of drug-likeness (QED) is 0.890. The molecule has 2 saturated heterocycles. The molecule has 0 aromatic heterocycles. The Balaban J connectivity index is 1.36. The number of benzene rings is 2. The summed E-state index contributed by atoms with van der Waals surface area (Å²) in [4.78, 5) is 17.7. The third-order valence-corrected chi connectivity index (χ3v) is 6.82. The monoisotopic (exact) mass is 361 g/mol. The normalized spacial score (nSPS) is 24.3. The van der Waals surface area contributed by atoms with Crippen LogP contribution < -0.4 is 10.2 Å². The molecule has 4 nitrogen and oxygen atoms in total. The highest BCUT2D eigenvalue weighted by Crippen LogP contribution is 2.42. The molecule has 1 atom stereocenters. The number of carbonyl (C=O) groups is 1. The van der Waals surface area contributed by atoms with Crippen LogP contribution in [0.25, 0.3) is 0 Å². The van der Waals surface area contributed by atoms with Gasteiger partial charge in [0.2, 0.25) is 5.91 Å². The highest BCUT2D eigenvalue weighted by atomic mass is 16.2. The molecule has 140 valence electrons. The van der Waals surface area contributed by atoms with E-state index in [1.807, 2.05) is 6.07 Å². The molecule has 2 aromatic rings. The van der Waals surface area contributed by atoms with Crippen LogP contribution in [0.1, 0.15) is 42.0 Å². The third-order valence-electron chi connectivity index (χ3n) is 6.82. The molecule has 1 N–H and O–H groups in total. The minimum Gasteiger partial charge on any atom is -0.339 e. The van der Waals surface area contributed by atoms with Crippen molar-refractivity contribution in [2.45, 2.75) is 44.2 Å². The Morgan fingerprint density at radius 3 is 2.63 bits per heavy atom. The van der Waals surface area contributed by atoms with Crippen molar-refractivity contribution in [3.05, 3.63) is 65.2 Å². The van der Waals surface area contributed by atoms with E-state index in [4.69, 9.17) is 0 Å². The summed E-state index contributed by atoms with van der Waals surface area (Å²) in [6.45, 7) is 4.76. The van der Waals surface area contributed by atoms with Gasteiger partial charge in [-0.1, -0.05) is 42.0 Å². The second-order valence-corrected chi connectivity index (χ2v) is 8.25. The molecule has 1 unspecified atom stereocenters. The number of hydrogen-bond acceptors (Lipinski definition) is 3. The summed E-state index contributed by atoms with van der Waals surface area (Å²) in [6, 6.07) is 17.8. The first-order valence-corrected chi connectivity index (χ1v) is 10.1. The topological polar surface area (TPSA) is 35.6 Å². The highest BCUT2D eigenvalue weighted by molar-refractivity contribution is 5.93. The van der Waals surface area contributed by atoms with Gasteiger partial charge in [0, 0.05) is 24.8 Å². The minimum absolute atomic E-state index is 0.202. The fourth-order valence-electron chi connectivity index (χ4n) is 5.34. The number of rotatable bonds is 2. The maximum atomic E-state index is 12.8. The molecule has 3 aliphatic rings. The van der Waals surface area contributed by atoms with Gasteiger partial charge < -0.3 is 10.2 Å². The molecule has 1 amide bonds. The number of nitrogens with zero attached hydrogens (tertiary/aromatic N) is 2. The van der Waals surface area contributed by atoms with E-state index in [0.29, 0.717) is 12.7 Å². The average Bonchev–Trinajstić information content (AvgIpc) is 3.25. The first kappa shape index (κ1) is 16.8. The van der Waals surface area contributed by atoms with Gasteiger partial charge in [-0.3, -0.25) is 9.69 Å². The minimum atomic E-state index is -0.382. The van der Waals surface area contributed by atoms with Crippen LogP contribution in [-0.4, -0.2) is 36.1 Å². The number of anilines is 1. The molecule has 4 heteroatoms. The van der Waals surface area contributed by atoms with Gasteiger partial charge in [-0.05, 0) is 55.9 Å². The molecule has 2 aromatic carbocycles. The number of amides is 1. The molecule has 0 bridgehead atoms. The van der Waals surface area contributed by atoms with Crippen molar-refractivity contribution in [3.63, 3.8) is 0 Å². The number of carbonyl (C=O) groups excluding carboxylic acids is 1. The largest absolute Gasteiger partial charge is 0.339 e. The summed E-state index contributed by atoms with van der Waals surface area (Å²) < 4.78 is 0. The molecule has 2 aliphatic heterocycles. The van der Waals surface area contributed by atoms with Crippen molar-refractivity contribution in [1.82, 2.24) is 10.2 Å². The Kier molecular flexibility index (Phi) is 3.97. The van der Waals surface area contributed by atoms with Gasteiger partial charge >= 0.3 is 0 Å². The lowest BCUT2D eigenvalue weighted by molar-refractivity contribution is -0.125. The number of aryl methyl sites for hydroxylation is 2. The van der Waals surface area contributed by atoms with Crippen LogP contribution in [0.3, 0.4) is 0 Å². The summed E-state index contributed by atoms with van der Waals surface area (Å²) in [5.74, 6) is 0.202. The summed E-state index contributed by atoms with van der Waals surface area (Å²) in [7, 11) is 0. The van der Waals surface area contributed by atoms with Crippen LogP contribution in [0, 0.1) is 6.92 Å². The summed E-state index contributed by atoms with van der Waals surface area (Å²) in [6.07, 6.45) is 4.18. The van der Waals surface area contributed by atoms with E-state index in [9.17, 15) is 4.79 Å². The molecule has 1 aliphatic carbocycles. The molecule has 2 fully saturated rings. The van der Waals surface area contributed by atoms with Gasteiger partial charge in [0.1, 0.15) is 5.54 Å². The van der Waals surface area contributed by atoms with E-state index >= 15 is 0 Å². The van der Waals surface area contributed by atoms with Crippen molar-refractivity contribution in [3.8, 4) is 0 Å². The van der Waals surface area contributed by atoms with Gasteiger partial charge in [-0.25, -0.2) is 0 Å². The lowest BCUT2D eigenvalue weighted by Gasteiger charge is -2.45. The second kappa shape index (κ2) is 6.38. The third kappa shape index (κ3) is 2.66. The summed E-state index contributed by atoms with van der Waals surface area (Å²) in [5.41, 5.74) is 5.14. The zero-order valence-corrected chi connectivity index (χ0v) is 15.9. The highest BCUT2D eigenvalue weighted by Gasteiger charge is 2.51. The van der Waals surface area contributed by atoms with E-state index in [1.165, 1.54) is 29.5 Å². The Hall–Kier alpha value is -2.33. The molecule has 5 rings (SSSR count). The Morgan fingerprint density at radius 1 is 1.07 bits per heavy atom. The number of likely N-dealkylation sites (tertiary alicyclic amines) is 1. The molecule has 2 heterocycles. The van der Waals surface area contributed by atoms with Crippen LogP contribution in [0.15, 0.2) is 48.5 Å². The fourth-order valence-corrected chi connectivity index (χ4v) is 5.34. The SMILES string of the molecule is Cc1ccc2c(c1)CCC2N1CCC2(CC1)C(=O)NCN2c1ccccc1. The lowest BCUT2D eigenvalue weighted by Crippen LogP contribution is -2.56. The first-order valence-electron chi connectivity index (χ1n) is 10.1. The Morgan fingerprint density at radius 2 is 1.85 bits per heavy atom. The molecule has 0 saturated carbocycles. The van der Waals surface area contributed by atoms with Gasteiger partial charge in [-0.2, -0.15) is 0 Å². The van der Waals surface area contributed by atoms with Gasteiger partial charge in [-0.15, -0.1) is 0 Å². The van der Waals surface area contributed by atoms with E-state index in [0.717, 1.165) is 31.6 Å². The number of piperidine rings is 1. The number of hydrogen-bond donors (Lipinski definition) is 1. The maximum absolute atomic E-state index is 12.8. The maximum Gasteiger partial charge on any atom is 0.247 e. The van der Waals surface area contributed by atoms with Crippen LogP contribution in [0.4, 0.5) is 5.69 Å². The predicted octanol–water partition coefficient (Wildman–Crippen LogP) is 3.41. The molecular weight excluding hydrogens is 334 g/mol. The Labute approximate surface area is 161 Å². The lowest BCUT2D eigenvalue weighted by atomic mass is 9.84. The van der Waals surface area contributed by atoms with Crippen LogP contribution in [-0.2, 0) is 11.2 Å². The van der Waals surface area contributed by atoms with Crippen molar-refractivity contribution in [2.24, 2.45) is 0 Å². The molecular formula is C23H27N3O. The van der Waals surface area contributed by atoms with Gasteiger partial charge in [0.25, 0.3) is 0 Å². The second-order valence-electron chi connectivity index (χ2n) is 8.25. The van der Waals surface area contributed by atoms with Crippen molar-refractivity contribution >= 4 is 11.6 Å². The van der Waals surface area contributed by atoms with E-state index in [2.05, 4.69) is 64.5 Å². The Bertz CT molecular complexity index is 855. The standard InChI is InChI=1S/C23H27N3O/c1-17-7-9-20-18(15-17)8-10-21(20)25-13-11-23(12-14-25)22(27)24-16-26(23)19-5-3-2-4-6-19/h2-7,9,15,21H,8,10-14,16H2,1H3,(H,24,27). The predicted molar refractivity (Wildman–Crippen MR) is 108 cm³/mol. The van der Waals surface area contributed by atoms with Crippen LogP contribution >= 0.6 is 0 Å². The summed E-state index contributed by atoms with van der Waals surface area (Å²) in [5, 5.41) is 3.10.